The molecule has 195 valence electrons. The molecule has 0 aliphatic carbocycles. The van der Waals surface area contributed by atoms with Crippen LogP contribution in [0.1, 0.15) is 41.3 Å². The lowest BCUT2D eigenvalue weighted by Gasteiger charge is -2.36. The number of phenolic OH excluding ortho intramolecular Hbond substituents is 2. The highest BCUT2D eigenvalue weighted by atomic mass is 16.3. The molecular formula is C29H30N5O4. The van der Waals surface area contributed by atoms with Crippen LogP contribution in [0.25, 0.3) is 17.1 Å². The number of hydrogen-bond acceptors (Lipinski definition) is 7. The van der Waals surface area contributed by atoms with Crippen LogP contribution in [0, 0.1) is 6.92 Å². The molecule has 1 aliphatic rings. The van der Waals surface area contributed by atoms with Gasteiger partial charge in [0.25, 0.3) is 5.91 Å². The topological polar surface area (TPSA) is 115 Å². The summed E-state index contributed by atoms with van der Waals surface area (Å²) >= 11 is 0. The van der Waals surface area contributed by atoms with Gasteiger partial charge in [-0.2, -0.15) is 0 Å². The smallest absolute Gasteiger partial charge is 0.319 e. The zero-order valence-electron chi connectivity index (χ0n) is 21.4. The second-order valence-corrected chi connectivity index (χ2v) is 9.73. The largest absolute Gasteiger partial charge is 0.508 e. The number of anilines is 1. The van der Waals surface area contributed by atoms with Gasteiger partial charge in [-0.15, -0.1) is 5.10 Å². The molecule has 1 amide bonds. The second kappa shape index (κ2) is 10.1. The van der Waals surface area contributed by atoms with Crippen molar-refractivity contribution in [2.24, 2.45) is 0 Å². The molecule has 1 aliphatic heterocycles. The van der Waals surface area contributed by atoms with Gasteiger partial charge >= 0.3 is 6.01 Å². The van der Waals surface area contributed by atoms with Crippen molar-refractivity contribution in [1.82, 2.24) is 19.7 Å². The molecule has 2 heterocycles. The van der Waals surface area contributed by atoms with E-state index in [4.69, 9.17) is 0 Å². The summed E-state index contributed by atoms with van der Waals surface area (Å²) in [6.45, 7) is 10.4. The Labute approximate surface area is 221 Å². The maximum atomic E-state index is 12.8. The first-order valence-corrected chi connectivity index (χ1v) is 12.5. The van der Waals surface area contributed by atoms with Crippen LogP contribution in [-0.4, -0.2) is 67.1 Å². The quantitative estimate of drug-likeness (QED) is 0.365. The van der Waals surface area contributed by atoms with Crippen molar-refractivity contribution < 1.29 is 20.1 Å². The molecule has 3 N–H and O–H groups in total. The van der Waals surface area contributed by atoms with E-state index >= 15 is 0 Å². The Kier molecular flexibility index (Phi) is 6.67. The van der Waals surface area contributed by atoms with Gasteiger partial charge in [-0.05, 0) is 66.4 Å². The van der Waals surface area contributed by atoms with Crippen LogP contribution in [0.4, 0.5) is 5.69 Å². The molecule has 1 saturated heterocycles. The average Bonchev–Trinajstić information content (AvgIpc) is 3.29. The highest BCUT2D eigenvalue weighted by Gasteiger charge is 2.24. The number of rotatable bonds is 5. The van der Waals surface area contributed by atoms with Crippen molar-refractivity contribution in [1.29, 1.82) is 0 Å². The van der Waals surface area contributed by atoms with Crippen LogP contribution in [0.2, 0.25) is 0 Å². The molecule has 9 nitrogen and oxygen atoms in total. The third kappa shape index (κ3) is 4.74. The van der Waals surface area contributed by atoms with Crippen molar-refractivity contribution in [3.63, 3.8) is 0 Å². The zero-order chi connectivity index (χ0) is 27.0. The van der Waals surface area contributed by atoms with Crippen LogP contribution in [0.15, 0.2) is 60.7 Å². The van der Waals surface area contributed by atoms with Crippen LogP contribution in [0.3, 0.4) is 0 Å². The van der Waals surface area contributed by atoms with E-state index in [0.29, 0.717) is 48.6 Å². The number of carbonyl (C=O) groups excluding carboxylic acids is 1. The van der Waals surface area contributed by atoms with Gasteiger partial charge in [0.05, 0.1) is 11.3 Å². The minimum atomic E-state index is -0.315. The Morgan fingerprint density at radius 3 is 2.11 bits per heavy atom. The number of benzene rings is 3. The number of piperazine rings is 1. The van der Waals surface area contributed by atoms with E-state index in [1.54, 1.807) is 6.07 Å². The van der Waals surface area contributed by atoms with Gasteiger partial charge in [0.1, 0.15) is 11.5 Å². The van der Waals surface area contributed by atoms with E-state index < -0.39 is 0 Å². The summed E-state index contributed by atoms with van der Waals surface area (Å²) in [6, 6.07) is 17.5. The minimum Gasteiger partial charge on any atom is -0.508 e. The van der Waals surface area contributed by atoms with Crippen molar-refractivity contribution in [3.05, 3.63) is 84.3 Å². The summed E-state index contributed by atoms with van der Waals surface area (Å²) in [4.78, 5) is 16.9. The maximum absolute atomic E-state index is 12.8. The Balaban J connectivity index is 1.34. The fourth-order valence-electron chi connectivity index (χ4n) is 4.73. The Bertz CT molecular complexity index is 1450. The molecule has 4 aromatic rings. The van der Waals surface area contributed by atoms with Crippen molar-refractivity contribution in [2.75, 3.05) is 31.1 Å². The molecule has 0 unspecified atom stereocenters. The van der Waals surface area contributed by atoms with Gasteiger partial charge in [0.15, 0.2) is 5.82 Å². The predicted octanol–water partition coefficient (Wildman–Crippen LogP) is 4.32. The zero-order valence-corrected chi connectivity index (χ0v) is 21.4. The van der Waals surface area contributed by atoms with Crippen LogP contribution >= 0.6 is 0 Å². The van der Waals surface area contributed by atoms with Gasteiger partial charge in [-0.25, -0.2) is 4.57 Å². The highest BCUT2D eigenvalue weighted by molar-refractivity contribution is 5.94. The number of nitrogens with zero attached hydrogens (tertiary/aromatic N) is 5. The molecule has 1 radical (unpaired) electrons. The van der Waals surface area contributed by atoms with Crippen LogP contribution in [0.5, 0.6) is 17.5 Å². The highest BCUT2D eigenvalue weighted by Crippen LogP contribution is 2.39. The lowest BCUT2D eigenvalue weighted by molar-refractivity contribution is 0.0747. The number of aromatic hydroxyl groups is 3. The molecule has 9 heteroatoms. The van der Waals surface area contributed by atoms with E-state index in [1.165, 1.54) is 10.6 Å². The van der Waals surface area contributed by atoms with E-state index in [1.807, 2.05) is 67.3 Å². The van der Waals surface area contributed by atoms with E-state index in [0.717, 1.165) is 11.3 Å². The lowest BCUT2D eigenvalue weighted by atomic mass is 9.98. The number of hydrogen-bond donors (Lipinski definition) is 3. The summed E-state index contributed by atoms with van der Waals surface area (Å²) in [7, 11) is 0. The Morgan fingerprint density at radius 2 is 1.47 bits per heavy atom. The molecule has 0 spiro atoms. The molecule has 1 fully saturated rings. The predicted molar refractivity (Wildman–Crippen MR) is 145 cm³/mol. The van der Waals surface area contributed by atoms with Crippen LogP contribution in [-0.2, 0) is 0 Å². The van der Waals surface area contributed by atoms with Crippen LogP contribution < -0.4 is 4.90 Å². The standard InChI is InChI=1S/C29H30N5O4/c1-18(2)23-16-24(26(36)17-25(23)35)27-30-31-29(38)34(27)22-10-8-21(9-11-22)32-12-14-33(15-13-32)28(37)20-6-4-19(3)5-7-20/h4-11,16-18,35-36H,3,12-15H2,1-2H3,(H,31,38). The Hall–Kier alpha value is -4.53. The first-order chi connectivity index (χ1) is 18.2. The minimum absolute atomic E-state index is 0.00106. The van der Waals surface area contributed by atoms with E-state index in [9.17, 15) is 20.1 Å². The summed E-state index contributed by atoms with van der Waals surface area (Å²) in [5.74, 6) is 0.136. The molecule has 5 rings (SSSR count). The normalized spacial score (nSPS) is 13.8. The van der Waals surface area contributed by atoms with Crippen molar-refractivity contribution >= 4 is 11.6 Å². The summed E-state index contributed by atoms with van der Waals surface area (Å²) in [5.41, 5.74) is 4.16. The average molecular weight is 513 g/mol. The fraction of sp³-hybridized carbons (Fsp3) is 0.241. The molecule has 3 aromatic carbocycles. The van der Waals surface area contributed by atoms with Gasteiger partial charge in [-0.3, -0.25) is 4.79 Å². The second-order valence-electron chi connectivity index (χ2n) is 9.73. The Morgan fingerprint density at radius 1 is 0.842 bits per heavy atom. The van der Waals surface area contributed by atoms with Gasteiger partial charge in [-0.1, -0.05) is 31.1 Å². The molecule has 1 aromatic heterocycles. The molecule has 38 heavy (non-hydrogen) atoms. The van der Waals surface area contributed by atoms with Crippen molar-refractivity contribution in [2.45, 2.75) is 19.8 Å². The van der Waals surface area contributed by atoms with Crippen molar-refractivity contribution in [3.8, 4) is 34.6 Å². The first kappa shape index (κ1) is 25.1. The number of amides is 1. The maximum Gasteiger partial charge on any atom is 0.319 e. The summed E-state index contributed by atoms with van der Waals surface area (Å²) in [5, 5.41) is 39.1. The monoisotopic (exact) mass is 512 g/mol. The SMILES string of the molecule is [CH2]c1ccc(C(=O)N2CCN(c3ccc(-n4c(O)nnc4-c4cc(C(C)C)c(O)cc4O)cc3)CC2)cc1. The third-order valence-electron chi connectivity index (χ3n) is 6.89. The van der Waals surface area contributed by atoms with Gasteiger partial charge < -0.3 is 25.1 Å². The third-order valence-corrected chi connectivity index (χ3v) is 6.89. The van der Waals surface area contributed by atoms with Gasteiger partial charge in [0.2, 0.25) is 0 Å². The lowest BCUT2D eigenvalue weighted by Crippen LogP contribution is -2.48. The number of carbonyl (C=O) groups is 1. The van der Waals surface area contributed by atoms with Gasteiger partial charge in [0, 0.05) is 43.5 Å². The van der Waals surface area contributed by atoms with E-state index in [2.05, 4.69) is 22.0 Å². The fourth-order valence-corrected chi connectivity index (χ4v) is 4.73. The molecule has 0 atom stereocenters. The summed E-state index contributed by atoms with van der Waals surface area (Å²) in [6.07, 6.45) is 0. The summed E-state index contributed by atoms with van der Waals surface area (Å²) < 4.78 is 1.45. The molecule has 0 bridgehead atoms. The van der Waals surface area contributed by atoms with E-state index in [-0.39, 0.29) is 35.2 Å². The first-order valence-electron chi connectivity index (χ1n) is 12.5. The molecule has 0 saturated carbocycles. The molecular weight excluding hydrogens is 482 g/mol. The number of aromatic nitrogens is 3. The number of phenols is 2.